The molecule has 3 heterocycles. The molecular weight excluding hydrogens is 587 g/mol. The van der Waals surface area contributed by atoms with E-state index < -0.39 is 17.1 Å². The fourth-order valence-corrected chi connectivity index (χ4v) is 6.27. The molecule has 0 spiro atoms. The Kier molecular flexibility index (Phi) is 7.73. The Labute approximate surface area is 245 Å². The Morgan fingerprint density at radius 2 is 1.95 bits per heavy atom. The van der Waals surface area contributed by atoms with Crippen LogP contribution in [-0.4, -0.2) is 51.6 Å². The lowest BCUT2D eigenvalue weighted by molar-refractivity contribution is 0.0995. The number of pyridine rings is 1. The van der Waals surface area contributed by atoms with Crippen LogP contribution in [0.5, 0.6) is 5.88 Å². The molecule has 0 bridgehead atoms. The molecule has 1 amide bonds. The monoisotopic (exact) mass is 616 g/mol. The summed E-state index contributed by atoms with van der Waals surface area (Å²) in [6.45, 7) is 3.58. The second-order valence-corrected chi connectivity index (χ2v) is 11.7. The van der Waals surface area contributed by atoms with Crippen molar-refractivity contribution in [2.24, 2.45) is 4.99 Å². The Morgan fingerprint density at radius 3 is 2.68 bits per heavy atom. The summed E-state index contributed by atoms with van der Waals surface area (Å²) in [5.74, 6) is -0.415. The lowest BCUT2D eigenvalue weighted by Crippen LogP contribution is -2.44. The van der Waals surface area contributed by atoms with E-state index in [0.29, 0.717) is 36.5 Å². The second-order valence-electron chi connectivity index (χ2n) is 10.8. The number of ether oxygens (including phenoxy) is 1. The predicted molar refractivity (Wildman–Crippen MR) is 156 cm³/mol. The molecule has 0 atom stereocenters. The molecule has 2 fully saturated rings. The molecule has 0 radical (unpaired) electrons. The highest BCUT2D eigenvalue weighted by Crippen LogP contribution is 2.50. The fourth-order valence-electron chi connectivity index (χ4n) is 5.87. The van der Waals surface area contributed by atoms with Crippen LogP contribution in [0.1, 0.15) is 54.1 Å². The maximum Gasteiger partial charge on any atom is 0.280 e. The highest BCUT2D eigenvalue weighted by molar-refractivity contribution is 9.10. The van der Waals surface area contributed by atoms with Crippen LogP contribution in [0, 0.1) is 17.1 Å². The van der Waals surface area contributed by atoms with E-state index in [9.17, 15) is 14.4 Å². The number of nitrogens with zero attached hydrogens (tertiary/aromatic N) is 5. The SMILES string of the molecule is N#CC1(c2cccc(Br)c2)CC(n2c(=NC(=O)c3ccc(F)cc3)[nH]c3cnc(OCCN4CCCCC4)cc32)C1. The zero-order valence-electron chi connectivity index (χ0n) is 22.5. The topological polar surface area (TPSA) is 99.3 Å². The first kappa shape index (κ1) is 27.4. The third-order valence-electron chi connectivity index (χ3n) is 8.12. The lowest BCUT2D eigenvalue weighted by atomic mass is 9.62. The number of piperidine rings is 1. The van der Waals surface area contributed by atoms with Crippen molar-refractivity contribution in [2.75, 3.05) is 26.2 Å². The normalized spacial score (nSPS) is 21.4. The van der Waals surface area contributed by atoms with Gasteiger partial charge in [-0.25, -0.2) is 9.37 Å². The number of benzene rings is 2. The van der Waals surface area contributed by atoms with E-state index in [1.54, 1.807) is 6.20 Å². The molecule has 1 N–H and O–H groups in total. The third-order valence-corrected chi connectivity index (χ3v) is 8.61. The van der Waals surface area contributed by atoms with Gasteiger partial charge in [-0.1, -0.05) is 34.5 Å². The number of H-pyrrole nitrogens is 1. The number of carbonyl (C=O) groups is 1. The number of aromatic nitrogens is 3. The van der Waals surface area contributed by atoms with Gasteiger partial charge in [0.2, 0.25) is 11.5 Å². The van der Waals surface area contributed by atoms with Crippen molar-refractivity contribution in [1.82, 2.24) is 19.4 Å². The Morgan fingerprint density at radius 1 is 1.17 bits per heavy atom. The molecule has 2 aromatic carbocycles. The smallest absolute Gasteiger partial charge is 0.280 e. The van der Waals surface area contributed by atoms with Gasteiger partial charge in [0, 0.05) is 28.7 Å². The quantitative estimate of drug-likeness (QED) is 0.288. The first-order valence-corrected chi connectivity index (χ1v) is 14.7. The summed E-state index contributed by atoms with van der Waals surface area (Å²) in [6.07, 6.45) is 6.53. The molecule has 0 unspecified atom stereocenters. The van der Waals surface area contributed by atoms with Crippen molar-refractivity contribution >= 4 is 32.9 Å². The maximum absolute atomic E-state index is 13.4. The van der Waals surface area contributed by atoms with Crippen molar-refractivity contribution in [2.45, 2.75) is 43.6 Å². The lowest BCUT2D eigenvalue weighted by Gasteiger charge is -2.43. The van der Waals surface area contributed by atoms with Gasteiger partial charge in [0.05, 0.1) is 28.7 Å². The Hall–Kier alpha value is -3.81. The van der Waals surface area contributed by atoms with Gasteiger partial charge in [0.1, 0.15) is 12.4 Å². The molecule has 2 aliphatic rings. The summed E-state index contributed by atoms with van der Waals surface area (Å²) in [5.41, 5.74) is 2.44. The minimum absolute atomic E-state index is 0.0919. The number of hydrogen-bond acceptors (Lipinski definition) is 5. The summed E-state index contributed by atoms with van der Waals surface area (Å²) in [5, 5.41) is 10.2. The van der Waals surface area contributed by atoms with Gasteiger partial charge in [-0.2, -0.15) is 10.3 Å². The Balaban J connectivity index is 1.33. The average molecular weight is 618 g/mol. The molecule has 4 aromatic rings. The van der Waals surface area contributed by atoms with Gasteiger partial charge in [0.15, 0.2) is 0 Å². The molecule has 1 aliphatic carbocycles. The van der Waals surface area contributed by atoms with Crippen molar-refractivity contribution in [1.29, 1.82) is 5.26 Å². The number of rotatable bonds is 7. The van der Waals surface area contributed by atoms with Crippen LogP contribution in [0.2, 0.25) is 0 Å². The van der Waals surface area contributed by atoms with E-state index in [0.717, 1.165) is 35.2 Å². The van der Waals surface area contributed by atoms with Crippen molar-refractivity contribution < 1.29 is 13.9 Å². The highest BCUT2D eigenvalue weighted by Gasteiger charge is 2.47. The standard InChI is InChI=1S/C31H30BrFN6O2/c32-23-6-4-5-22(15-23)31(20-34)17-25(18-31)39-27-16-28(41-14-13-38-11-2-1-3-12-38)35-19-26(27)36-30(39)37-29(40)21-7-9-24(33)10-8-21/h4-10,15-16,19,25H,1-3,11-14,17-18H2,(H,36,37,40). The van der Waals surface area contributed by atoms with Gasteiger partial charge in [0.25, 0.3) is 5.91 Å². The van der Waals surface area contributed by atoms with Crippen LogP contribution < -0.4 is 10.4 Å². The number of likely N-dealkylation sites (tertiary alicyclic amines) is 1. The number of aromatic amines is 1. The van der Waals surface area contributed by atoms with Crippen LogP contribution in [-0.2, 0) is 5.41 Å². The van der Waals surface area contributed by atoms with Crippen molar-refractivity contribution in [3.63, 3.8) is 0 Å². The molecule has 210 valence electrons. The van der Waals surface area contributed by atoms with E-state index in [4.69, 9.17) is 4.74 Å². The van der Waals surface area contributed by atoms with Crippen LogP contribution >= 0.6 is 15.9 Å². The van der Waals surface area contributed by atoms with Gasteiger partial charge < -0.3 is 14.3 Å². The van der Waals surface area contributed by atoms with Gasteiger partial charge in [-0.05, 0) is 80.7 Å². The zero-order valence-corrected chi connectivity index (χ0v) is 24.1. The van der Waals surface area contributed by atoms with Crippen LogP contribution in [0.3, 0.4) is 0 Å². The van der Waals surface area contributed by atoms with Gasteiger partial charge in [-0.3, -0.25) is 9.69 Å². The van der Waals surface area contributed by atoms with E-state index in [-0.39, 0.29) is 11.6 Å². The summed E-state index contributed by atoms with van der Waals surface area (Å²) < 4.78 is 22.4. The predicted octanol–water partition coefficient (Wildman–Crippen LogP) is 5.67. The molecule has 2 aromatic heterocycles. The van der Waals surface area contributed by atoms with Crippen molar-refractivity contribution in [3.05, 3.63) is 87.8 Å². The number of halogens is 2. The van der Waals surface area contributed by atoms with E-state index in [1.165, 1.54) is 43.5 Å². The minimum Gasteiger partial charge on any atom is -0.476 e. The average Bonchev–Trinajstić information content (AvgIpc) is 3.30. The van der Waals surface area contributed by atoms with E-state index in [2.05, 4.69) is 41.9 Å². The highest BCUT2D eigenvalue weighted by atomic mass is 79.9. The van der Waals surface area contributed by atoms with Crippen LogP contribution in [0.4, 0.5) is 4.39 Å². The molecule has 8 nitrogen and oxygen atoms in total. The molecule has 1 saturated carbocycles. The number of nitrogens with one attached hydrogen (secondary N) is 1. The third kappa shape index (κ3) is 5.69. The number of amides is 1. The summed E-state index contributed by atoms with van der Waals surface area (Å²) in [6, 6.07) is 17.5. The maximum atomic E-state index is 13.4. The summed E-state index contributed by atoms with van der Waals surface area (Å²) >= 11 is 3.52. The zero-order chi connectivity index (χ0) is 28.4. The molecule has 1 aliphatic heterocycles. The van der Waals surface area contributed by atoms with Gasteiger partial charge in [-0.15, -0.1) is 0 Å². The number of imidazole rings is 1. The molecule has 10 heteroatoms. The number of nitriles is 1. The molecule has 41 heavy (non-hydrogen) atoms. The van der Waals surface area contributed by atoms with Crippen molar-refractivity contribution in [3.8, 4) is 11.9 Å². The summed E-state index contributed by atoms with van der Waals surface area (Å²) in [7, 11) is 0. The largest absolute Gasteiger partial charge is 0.476 e. The number of hydrogen-bond donors (Lipinski definition) is 1. The first-order valence-electron chi connectivity index (χ1n) is 13.9. The molecule has 1 saturated heterocycles. The number of fused-ring (bicyclic) bond motifs is 1. The molecular formula is C31H30BrFN6O2. The number of carbonyl (C=O) groups excluding carboxylic acids is 1. The van der Waals surface area contributed by atoms with E-state index >= 15 is 0 Å². The first-order chi connectivity index (χ1) is 19.9. The van der Waals surface area contributed by atoms with E-state index in [1.807, 2.05) is 34.9 Å². The second kappa shape index (κ2) is 11.6. The van der Waals surface area contributed by atoms with Crippen LogP contribution in [0.15, 0.2) is 70.3 Å². The molecule has 6 rings (SSSR count). The fraction of sp³-hybridized carbons (Fsp3) is 0.355. The Bertz CT molecular complexity index is 1680. The summed E-state index contributed by atoms with van der Waals surface area (Å²) in [4.78, 5) is 27.6. The van der Waals surface area contributed by atoms with Gasteiger partial charge >= 0.3 is 0 Å². The van der Waals surface area contributed by atoms with Crippen LogP contribution in [0.25, 0.3) is 11.0 Å². The minimum atomic E-state index is -0.649.